The number of halogens is 1. The monoisotopic (exact) mass is 297 g/mol. The Kier molecular flexibility index (Phi) is 5.34. The minimum Gasteiger partial charge on any atom is -0.478 e. The highest BCUT2D eigenvalue weighted by molar-refractivity contribution is 5.84. The van der Waals surface area contributed by atoms with Crippen LogP contribution in [0.25, 0.3) is 0 Å². The molecule has 1 aromatic rings. The van der Waals surface area contributed by atoms with Crippen LogP contribution in [0.4, 0.5) is 4.39 Å². The molecule has 0 unspecified atom stereocenters. The molecule has 1 aromatic carbocycles. The fourth-order valence-electron chi connectivity index (χ4n) is 2.02. The second-order valence-corrected chi connectivity index (χ2v) is 6.20. The summed E-state index contributed by atoms with van der Waals surface area (Å²) in [6.07, 6.45) is 0. The van der Waals surface area contributed by atoms with Gasteiger partial charge in [-0.05, 0) is 58.9 Å². The van der Waals surface area contributed by atoms with Gasteiger partial charge in [0.2, 0.25) is 0 Å². The average molecular weight is 297 g/mol. The third-order valence-electron chi connectivity index (χ3n) is 2.95. The third kappa shape index (κ3) is 5.34. The molecule has 1 rings (SSSR count). The summed E-state index contributed by atoms with van der Waals surface area (Å²) in [7, 11) is 0. The highest BCUT2D eigenvalue weighted by Gasteiger charge is 2.35. The van der Waals surface area contributed by atoms with E-state index in [1.54, 1.807) is 32.6 Å². The molecule has 0 spiro atoms. The molecule has 0 aliphatic heterocycles. The zero-order chi connectivity index (χ0) is 16.3. The molecule has 1 amide bonds. The van der Waals surface area contributed by atoms with Crippen molar-refractivity contribution in [2.75, 3.05) is 13.1 Å². The zero-order valence-electron chi connectivity index (χ0n) is 13.3. The maximum atomic E-state index is 12.9. The number of benzene rings is 1. The summed E-state index contributed by atoms with van der Waals surface area (Å²) in [6, 6.07) is 5.53. The van der Waals surface area contributed by atoms with Crippen molar-refractivity contribution < 1.29 is 19.0 Å². The van der Waals surface area contributed by atoms with Crippen LogP contribution < -0.4 is 4.74 Å². The third-order valence-corrected chi connectivity index (χ3v) is 2.95. The zero-order valence-corrected chi connectivity index (χ0v) is 13.3. The van der Waals surface area contributed by atoms with Crippen LogP contribution in [0.1, 0.15) is 34.6 Å². The second kappa shape index (κ2) is 6.43. The lowest BCUT2D eigenvalue weighted by Gasteiger charge is -2.34. The van der Waals surface area contributed by atoms with E-state index in [1.165, 1.54) is 24.3 Å². The summed E-state index contributed by atoms with van der Waals surface area (Å²) >= 11 is 0. The van der Waals surface area contributed by atoms with Gasteiger partial charge in [0.25, 0.3) is 5.91 Å². The predicted molar refractivity (Wildman–Crippen MR) is 79.7 cm³/mol. The number of carbonyl (C=O) groups is 1. The highest BCUT2D eigenvalue weighted by atomic mass is 19.1. The Labute approximate surface area is 125 Å². The molecule has 0 aromatic heterocycles. The van der Waals surface area contributed by atoms with Crippen LogP contribution in [-0.4, -0.2) is 40.2 Å². The molecular formula is C16H24FNO3. The minimum absolute atomic E-state index is 0.221. The van der Waals surface area contributed by atoms with E-state index in [-0.39, 0.29) is 18.3 Å². The van der Waals surface area contributed by atoms with Gasteiger partial charge in [0.1, 0.15) is 11.6 Å². The molecule has 118 valence electrons. The Morgan fingerprint density at radius 3 is 2.19 bits per heavy atom. The molecule has 0 bridgehead atoms. The molecule has 21 heavy (non-hydrogen) atoms. The normalized spacial score (nSPS) is 12.1. The van der Waals surface area contributed by atoms with E-state index in [0.717, 1.165) is 0 Å². The molecular weight excluding hydrogens is 273 g/mol. The van der Waals surface area contributed by atoms with Gasteiger partial charge < -0.3 is 14.7 Å². The van der Waals surface area contributed by atoms with E-state index in [4.69, 9.17) is 4.74 Å². The number of aliphatic hydroxyl groups is 1. The average Bonchev–Trinajstić information content (AvgIpc) is 2.36. The van der Waals surface area contributed by atoms with Crippen molar-refractivity contribution in [2.24, 2.45) is 0 Å². The van der Waals surface area contributed by atoms with Crippen molar-refractivity contribution in [2.45, 2.75) is 45.8 Å². The smallest absolute Gasteiger partial charge is 0.266 e. The van der Waals surface area contributed by atoms with Gasteiger partial charge in [0, 0.05) is 13.1 Å². The number of hydrogen-bond donors (Lipinski definition) is 1. The molecule has 1 N–H and O–H groups in total. The molecule has 0 atom stereocenters. The predicted octanol–water partition coefficient (Wildman–Crippen LogP) is 2.60. The molecule has 4 nitrogen and oxygen atoms in total. The van der Waals surface area contributed by atoms with Gasteiger partial charge in [-0.1, -0.05) is 0 Å². The number of hydrogen-bond acceptors (Lipinski definition) is 3. The van der Waals surface area contributed by atoms with E-state index < -0.39 is 11.2 Å². The van der Waals surface area contributed by atoms with E-state index in [1.807, 2.05) is 6.92 Å². The van der Waals surface area contributed by atoms with Crippen LogP contribution in [0.3, 0.4) is 0 Å². The fourth-order valence-corrected chi connectivity index (χ4v) is 2.02. The Bertz CT molecular complexity index is 477. The molecule has 0 saturated heterocycles. The number of amides is 1. The SMILES string of the molecule is CCN(CC(C)(C)O)C(=O)C(C)(C)Oc1ccc(F)cc1. The van der Waals surface area contributed by atoms with E-state index >= 15 is 0 Å². The van der Waals surface area contributed by atoms with Crippen LogP contribution in [0, 0.1) is 5.82 Å². The van der Waals surface area contributed by atoms with Crippen LogP contribution in [0.5, 0.6) is 5.75 Å². The van der Waals surface area contributed by atoms with E-state index in [0.29, 0.717) is 12.3 Å². The lowest BCUT2D eigenvalue weighted by atomic mass is 10.0. The maximum absolute atomic E-state index is 12.9. The Hall–Kier alpha value is -1.62. The summed E-state index contributed by atoms with van der Waals surface area (Å²) in [5.74, 6) is -0.158. The van der Waals surface area contributed by atoms with Gasteiger partial charge in [0.05, 0.1) is 5.60 Å². The van der Waals surface area contributed by atoms with Crippen LogP contribution in [-0.2, 0) is 4.79 Å². The first kappa shape index (κ1) is 17.4. The Morgan fingerprint density at radius 1 is 1.24 bits per heavy atom. The molecule has 5 heteroatoms. The summed E-state index contributed by atoms with van der Waals surface area (Å²) in [5, 5.41) is 9.88. The van der Waals surface area contributed by atoms with Gasteiger partial charge in [-0.15, -0.1) is 0 Å². The first-order chi connectivity index (χ1) is 9.55. The lowest BCUT2D eigenvalue weighted by Crippen LogP contribution is -2.52. The maximum Gasteiger partial charge on any atom is 0.266 e. The van der Waals surface area contributed by atoms with Gasteiger partial charge in [0.15, 0.2) is 5.60 Å². The van der Waals surface area contributed by atoms with Gasteiger partial charge in [-0.25, -0.2) is 4.39 Å². The number of rotatable bonds is 6. The van der Waals surface area contributed by atoms with Crippen molar-refractivity contribution in [1.29, 1.82) is 0 Å². The van der Waals surface area contributed by atoms with Crippen LogP contribution in [0.2, 0.25) is 0 Å². The van der Waals surface area contributed by atoms with Crippen molar-refractivity contribution in [3.8, 4) is 5.75 Å². The summed E-state index contributed by atoms with van der Waals surface area (Å²) in [4.78, 5) is 14.1. The fraction of sp³-hybridized carbons (Fsp3) is 0.562. The molecule has 0 radical (unpaired) electrons. The first-order valence-electron chi connectivity index (χ1n) is 7.01. The van der Waals surface area contributed by atoms with E-state index in [2.05, 4.69) is 0 Å². The van der Waals surface area contributed by atoms with Gasteiger partial charge in [-0.2, -0.15) is 0 Å². The lowest BCUT2D eigenvalue weighted by molar-refractivity contribution is -0.148. The van der Waals surface area contributed by atoms with Crippen LogP contribution in [0.15, 0.2) is 24.3 Å². The number of nitrogens with zero attached hydrogens (tertiary/aromatic N) is 1. The summed E-state index contributed by atoms with van der Waals surface area (Å²) in [6.45, 7) is 9.15. The molecule has 0 saturated carbocycles. The van der Waals surface area contributed by atoms with Crippen molar-refractivity contribution >= 4 is 5.91 Å². The van der Waals surface area contributed by atoms with Crippen molar-refractivity contribution in [3.63, 3.8) is 0 Å². The Balaban J connectivity index is 2.84. The molecule has 0 aliphatic carbocycles. The second-order valence-electron chi connectivity index (χ2n) is 6.20. The quantitative estimate of drug-likeness (QED) is 0.878. The van der Waals surface area contributed by atoms with Gasteiger partial charge >= 0.3 is 0 Å². The van der Waals surface area contributed by atoms with Crippen molar-refractivity contribution in [3.05, 3.63) is 30.1 Å². The molecule has 0 aliphatic rings. The summed E-state index contributed by atoms with van der Waals surface area (Å²) < 4.78 is 18.6. The number of ether oxygens (including phenoxy) is 1. The van der Waals surface area contributed by atoms with Gasteiger partial charge in [-0.3, -0.25) is 4.79 Å². The minimum atomic E-state index is -1.10. The number of likely N-dealkylation sites (N-methyl/N-ethyl adjacent to an activating group) is 1. The molecule has 0 heterocycles. The Morgan fingerprint density at radius 2 is 1.76 bits per heavy atom. The van der Waals surface area contributed by atoms with E-state index in [9.17, 15) is 14.3 Å². The van der Waals surface area contributed by atoms with Crippen LogP contribution >= 0.6 is 0 Å². The largest absolute Gasteiger partial charge is 0.478 e. The molecule has 0 fully saturated rings. The van der Waals surface area contributed by atoms with Crippen molar-refractivity contribution in [1.82, 2.24) is 4.90 Å². The first-order valence-corrected chi connectivity index (χ1v) is 7.01. The number of carbonyl (C=O) groups excluding carboxylic acids is 1. The topological polar surface area (TPSA) is 49.8 Å². The standard InChI is InChI=1S/C16H24FNO3/c1-6-18(11-15(2,3)20)14(19)16(4,5)21-13-9-7-12(17)8-10-13/h7-10,20H,6,11H2,1-5H3. The highest BCUT2D eigenvalue weighted by Crippen LogP contribution is 2.21. The summed E-state index contributed by atoms with van der Waals surface area (Å²) in [5.41, 5.74) is -2.07.